The van der Waals surface area contributed by atoms with Gasteiger partial charge in [0.2, 0.25) is 5.91 Å². The van der Waals surface area contributed by atoms with Crippen LogP contribution in [-0.4, -0.2) is 62.7 Å². The van der Waals surface area contributed by atoms with Crippen LogP contribution in [0.2, 0.25) is 0 Å². The van der Waals surface area contributed by atoms with Gasteiger partial charge in [-0.2, -0.15) is 0 Å². The molecule has 0 radical (unpaired) electrons. The molecule has 4 aliphatic rings. The van der Waals surface area contributed by atoms with Crippen molar-refractivity contribution in [3.05, 3.63) is 11.9 Å². The maximum atomic E-state index is 12.4. The van der Waals surface area contributed by atoms with Crippen molar-refractivity contribution in [2.24, 2.45) is 11.8 Å². The molecule has 4 heterocycles. The fourth-order valence-electron chi connectivity index (χ4n) is 4.03. The first-order valence-corrected chi connectivity index (χ1v) is 8.77. The van der Waals surface area contributed by atoms with E-state index in [4.69, 9.17) is 5.11 Å². The predicted octanol–water partition coefficient (Wildman–Crippen LogP) is -0.198. The minimum atomic E-state index is 0.105. The lowest BCUT2D eigenvalue weighted by atomic mass is 9.75. The highest BCUT2D eigenvalue weighted by Crippen LogP contribution is 2.37. The minimum absolute atomic E-state index is 0.105. The number of amides is 1. The maximum absolute atomic E-state index is 12.4. The maximum Gasteiger partial charge on any atom is 0.224 e. The summed E-state index contributed by atoms with van der Waals surface area (Å²) in [4.78, 5) is 14.8. The van der Waals surface area contributed by atoms with Crippen LogP contribution < -0.4 is 5.32 Å². The first-order valence-electron chi connectivity index (χ1n) is 8.77. The average Bonchev–Trinajstić information content (AvgIpc) is 3.27. The van der Waals surface area contributed by atoms with Crippen LogP contribution in [-0.2, 0) is 17.8 Å². The van der Waals surface area contributed by atoms with Crippen LogP contribution in [0.1, 0.15) is 31.4 Å². The molecule has 1 unspecified atom stereocenters. The van der Waals surface area contributed by atoms with E-state index in [2.05, 4.69) is 20.5 Å². The second-order valence-corrected chi connectivity index (χ2v) is 7.23. The monoisotopic (exact) mass is 319 g/mol. The van der Waals surface area contributed by atoms with Crippen molar-refractivity contribution < 1.29 is 9.90 Å². The summed E-state index contributed by atoms with van der Waals surface area (Å²) in [6.07, 6.45) is 6.98. The number of carbonyl (C=O) groups excluding carboxylic acids is 1. The molecular formula is C16H25N5O2. The molecule has 5 rings (SSSR count). The van der Waals surface area contributed by atoms with Gasteiger partial charge in [0.25, 0.3) is 0 Å². The topological polar surface area (TPSA) is 83.3 Å². The van der Waals surface area contributed by atoms with Gasteiger partial charge in [-0.1, -0.05) is 5.21 Å². The number of hydrogen-bond donors (Lipinski definition) is 2. The summed E-state index contributed by atoms with van der Waals surface area (Å²) in [5.74, 6) is 0.942. The van der Waals surface area contributed by atoms with Gasteiger partial charge in [-0.05, 0) is 38.1 Å². The van der Waals surface area contributed by atoms with Crippen molar-refractivity contribution in [2.75, 3.05) is 19.7 Å². The summed E-state index contributed by atoms with van der Waals surface area (Å²) in [6.45, 7) is 2.90. The van der Waals surface area contributed by atoms with Gasteiger partial charge in [0, 0.05) is 37.9 Å². The molecule has 1 aromatic heterocycles. The lowest BCUT2D eigenvalue weighted by Crippen LogP contribution is -2.58. The second-order valence-electron chi connectivity index (χ2n) is 7.23. The molecule has 23 heavy (non-hydrogen) atoms. The number of piperidine rings is 3. The molecule has 0 aromatic carbocycles. The lowest BCUT2D eigenvalue weighted by Gasteiger charge is -2.49. The van der Waals surface area contributed by atoms with Crippen molar-refractivity contribution in [1.82, 2.24) is 25.2 Å². The van der Waals surface area contributed by atoms with Crippen LogP contribution in [0.25, 0.3) is 0 Å². The third-order valence-electron chi connectivity index (χ3n) is 5.49. The molecular weight excluding hydrogens is 294 g/mol. The van der Waals surface area contributed by atoms with E-state index in [1.165, 1.54) is 0 Å². The highest BCUT2D eigenvalue weighted by molar-refractivity contribution is 5.80. The Balaban J connectivity index is 1.36. The zero-order valence-corrected chi connectivity index (χ0v) is 13.4. The summed E-state index contributed by atoms with van der Waals surface area (Å²) < 4.78 is 1.88. The molecule has 1 amide bonds. The van der Waals surface area contributed by atoms with Crippen LogP contribution in [0.3, 0.4) is 0 Å². The number of aromatic nitrogens is 3. The quantitative estimate of drug-likeness (QED) is 0.759. The van der Waals surface area contributed by atoms with Gasteiger partial charge in [0.15, 0.2) is 0 Å². The van der Waals surface area contributed by atoms with Gasteiger partial charge < -0.3 is 10.4 Å². The van der Waals surface area contributed by atoms with Gasteiger partial charge in [0.1, 0.15) is 0 Å². The molecule has 2 N–H and O–H groups in total. The van der Waals surface area contributed by atoms with E-state index >= 15 is 0 Å². The smallest absolute Gasteiger partial charge is 0.224 e. The lowest BCUT2D eigenvalue weighted by molar-refractivity contribution is -0.133. The van der Waals surface area contributed by atoms with Crippen molar-refractivity contribution in [3.8, 4) is 0 Å². The van der Waals surface area contributed by atoms with E-state index in [1.807, 2.05) is 10.9 Å². The average molecular weight is 319 g/mol. The van der Waals surface area contributed by atoms with E-state index in [9.17, 15) is 4.79 Å². The summed E-state index contributed by atoms with van der Waals surface area (Å²) in [7, 11) is 0. The van der Waals surface area contributed by atoms with E-state index in [0.717, 1.165) is 51.0 Å². The Morgan fingerprint density at radius 3 is 2.96 bits per heavy atom. The first kappa shape index (κ1) is 15.1. The highest BCUT2D eigenvalue weighted by atomic mass is 16.3. The third kappa shape index (κ3) is 3.26. The fraction of sp³-hybridized carbons (Fsp3) is 0.812. The summed E-state index contributed by atoms with van der Waals surface area (Å²) in [5, 5.41) is 20.4. The number of aliphatic hydroxyl groups is 1. The number of carbonyl (C=O) groups is 1. The fourth-order valence-corrected chi connectivity index (χ4v) is 4.03. The van der Waals surface area contributed by atoms with Crippen LogP contribution in [0, 0.1) is 11.8 Å². The largest absolute Gasteiger partial charge is 0.396 e. The van der Waals surface area contributed by atoms with E-state index in [0.29, 0.717) is 24.4 Å². The van der Waals surface area contributed by atoms with Gasteiger partial charge in [-0.15, -0.1) is 5.10 Å². The van der Waals surface area contributed by atoms with Crippen LogP contribution in [0.4, 0.5) is 0 Å². The van der Waals surface area contributed by atoms with E-state index in [1.54, 1.807) is 0 Å². The Kier molecular flexibility index (Phi) is 4.07. The van der Waals surface area contributed by atoms with Crippen LogP contribution in [0.15, 0.2) is 6.20 Å². The molecule has 1 aliphatic carbocycles. The molecule has 7 heteroatoms. The van der Waals surface area contributed by atoms with Gasteiger partial charge in [0.05, 0.1) is 18.2 Å². The van der Waals surface area contributed by atoms with Crippen molar-refractivity contribution in [1.29, 1.82) is 0 Å². The highest BCUT2D eigenvalue weighted by Gasteiger charge is 2.44. The van der Waals surface area contributed by atoms with Crippen molar-refractivity contribution in [3.63, 3.8) is 0 Å². The Morgan fingerprint density at radius 2 is 2.26 bits per heavy atom. The molecule has 2 bridgehead atoms. The normalized spacial score (nSPS) is 32.9. The van der Waals surface area contributed by atoms with Gasteiger partial charge >= 0.3 is 0 Å². The van der Waals surface area contributed by atoms with Gasteiger partial charge in [-0.3, -0.25) is 14.4 Å². The summed E-state index contributed by atoms with van der Waals surface area (Å²) >= 11 is 0. The summed E-state index contributed by atoms with van der Waals surface area (Å²) in [5.41, 5.74) is 0.838. The number of nitrogens with zero attached hydrogens (tertiary/aromatic N) is 4. The molecule has 126 valence electrons. The van der Waals surface area contributed by atoms with Gasteiger partial charge in [-0.25, -0.2) is 0 Å². The second kappa shape index (κ2) is 6.20. The Hall–Kier alpha value is -1.47. The predicted molar refractivity (Wildman–Crippen MR) is 83.6 cm³/mol. The summed E-state index contributed by atoms with van der Waals surface area (Å²) in [6, 6.07) is 0.899. The van der Waals surface area contributed by atoms with Crippen molar-refractivity contribution >= 4 is 5.91 Å². The van der Waals surface area contributed by atoms with E-state index < -0.39 is 0 Å². The van der Waals surface area contributed by atoms with Crippen LogP contribution >= 0.6 is 0 Å². The Labute approximate surface area is 136 Å². The minimum Gasteiger partial charge on any atom is -0.396 e. The number of nitrogens with one attached hydrogen (secondary N) is 1. The molecule has 1 aromatic rings. The number of fused-ring (bicyclic) bond motifs is 3. The number of aliphatic hydroxyl groups excluding tert-OH is 1. The van der Waals surface area contributed by atoms with Crippen LogP contribution in [0.5, 0.6) is 0 Å². The molecule has 4 fully saturated rings. The standard InChI is InChI=1S/C16H25N5O2/c22-6-4-13-8-21(19-18-13)9-14-7-11-3-5-20(14)10-15(11)16(23)17-12-1-2-12/h8,11-12,14-15,22H,1-7,9-10H2,(H,17,23)/t11-,14-,15+/m1/s1. The molecule has 7 nitrogen and oxygen atoms in total. The Bertz CT molecular complexity index is 571. The van der Waals surface area contributed by atoms with E-state index in [-0.39, 0.29) is 18.4 Å². The zero-order chi connectivity index (χ0) is 15.8. The SMILES string of the molecule is O=C(NC1CC1)[C@H]1CN2CC[C@@H]1C[C@@H]2Cn1cc(CCO)nn1. The Morgan fingerprint density at radius 1 is 1.39 bits per heavy atom. The first-order chi connectivity index (χ1) is 11.2. The zero-order valence-electron chi connectivity index (χ0n) is 13.4. The number of rotatable bonds is 6. The molecule has 3 aliphatic heterocycles. The van der Waals surface area contributed by atoms with Crippen molar-refractivity contribution in [2.45, 2.75) is 50.7 Å². The molecule has 0 spiro atoms. The third-order valence-corrected chi connectivity index (χ3v) is 5.49. The molecule has 4 atom stereocenters. The number of hydrogen-bond acceptors (Lipinski definition) is 5. The molecule has 1 saturated carbocycles. The molecule has 3 saturated heterocycles.